The van der Waals surface area contributed by atoms with Crippen LogP contribution in [0.3, 0.4) is 0 Å². The molecule has 0 radical (unpaired) electrons. The zero-order valence-electron chi connectivity index (χ0n) is 6.04. The zero-order valence-corrected chi connectivity index (χ0v) is 9.82. The minimum Gasteiger partial charge on any atom is -0.396 e. The van der Waals surface area contributed by atoms with Crippen LogP contribution in [0.2, 0.25) is 0 Å². The molecule has 0 spiro atoms. The maximum Gasteiger partial charge on any atom is 0.180 e. The molecule has 0 fully saturated rings. The molecule has 0 heterocycles. The lowest BCUT2D eigenvalue weighted by Crippen LogP contribution is -1.69. The molecule has 11 heavy (non-hydrogen) atoms. The van der Waals surface area contributed by atoms with Crippen LogP contribution in [0.15, 0.2) is 0 Å². The number of halogens is 5. The van der Waals surface area contributed by atoms with Gasteiger partial charge in [0.15, 0.2) is 4.30 Å². The van der Waals surface area contributed by atoms with Gasteiger partial charge in [-0.05, 0) is 6.42 Å². The summed E-state index contributed by atoms with van der Waals surface area (Å²) in [6, 6.07) is 0. The molecule has 0 aromatic rings. The van der Waals surface area contributed by atoms with E-state index in [1.807, 2.05) is 6.92 Å². The average molecular weight is 264 g/mol. The normalized spacial score (nSPS) is 7.64. The molecule has 0 saturated heterocycles. The van der Waals surface area contributed by atoms with Crippen LogP contribution in [-0.4, -0.2) is 21.3 Å². The third kappa shape index (κ3) is 174. The summed E-state index contributed by atoms with van der Waals surface area (Å²) in [5, 5.41) is 8.07. The van der Waals surface area contributed by atoms with E-state index in [0.717, 1.165) is 6.42 Å². The quantitative estimate of drug-likeness (QED) is 0.714. The maximum absolute atomic E-state index is 7.88. The summed E-state index contributed by atoms with van der Waals surface area (Å²) in [6.07, 6.45) is 0.875. The van der Waals surface area contributed by atoms with Crippen LogP contribution in [0, 0.1) is 0 Å². The van der Waals surface area contributed by atoms with Crippen LogP contribution in [0.4, 0.5) is 0 Å². The summed E-state index contributed by atoms with van der Waals surface area (Å²) >= 11 is 23.9. The van der Waals surface area contributed by atoms with Crippen molar-refractivity contribution in [3.63, 3.8) is 0 Å². The minimum atomic E-state index is -0.750. The molecule has 0 saturated carbocycles. The molecule has 0 aliphatic carbocycles. The molecule has 0 amide bonds. The fraction of sp³-hybridized carbons (Fsp3) is 1.00. The molecule has 1 N–H and O–H groups in total. The lowest BCUT2D eigenvalue weighted by atomic mass is 10.5. The highest BCUT2D eigenvalue weighted by molar-refractivity contribution is 6.63. The number of aliphatic hydroxyl groups is 1. The third-order valence-corrected chi connectivity index (χ3v) is 0.224. The highest BCUT2D eigenvalue weighted by Gasteiger charge is 1.78. The van der Waals surface area contributed by atoms with Gasteiger partial charge in [-0.25, -0.2) is 0 Å². The van der Waals surface area contributed by atoms with Gasteiger partial charge >= 0.3 is 0 Å². The van der Waals surface area contributed by atoms with Gasteiger partial charge in [0.2, 0.25) is 0 Å². The van der Waals surface area contributed by atoms with Crippen LogP contribution in [-0.2, 0) is 0 Å². The topological polar surface area (TPSA) is 20.2 Å². The van der Waals surface area contributed by atoms with E-state index in [1.54, 1.807) is 0 Å². The van der Waals surface area contributed by atoms with E-state index in [4.69, 9.17) is 63.1 Å². The zero-order chi connectivity index (χ0) is 9.70. The van der Waals surface area contributed by atoms with Gasteiger partial charge in [0.25, 0.3) is 0 Å². The lowest BCUT2D eigenvalue weighted by molar-refractivity contribution is 0.295. The first-order chi connectivity index (χ1) is 5.06. The lowest BCUT2D eigenvalue weighted by Gasteiger charge is -1.69. The monoisotopic (exact) mass is 262 g/mol. The fourth-order valence-electron chi connectivity index (χ4n) is 0. The number of hydrogen-bond donors (Lipinski definition) is 1. The Bertz CT molecular complexity index is 39.1. The van der Waals surface area contributed by atoms with Crippen molar-refractivity contribution < 1.29 is 5.11 Å². The molecular formula is C5H11Cl5O. The Balaban J connectivity index is -0.0000000886. The Kier molecular flexibility index (Phi) is 37.4. The van der Waals surface area contributed by atoms with E-state index in [1.165, 1.54) is 0 Å². The second-order valence-electron chi connectivity index (χ2n) is 1.07. The van der Waals surface area contributed by atoms with Crippen LogP contribution < -0.4 is 0 Å². The van der Waals surface area contributed by atoms with E-state index in [-0.39, 0.29) is 5.34 Å². The smallest absolute Gasteiger partial charge is 0.180 e. The first-order valence-corrected chi connectivity index (χ1v) is 5.09. The summed E-state index contributed by atoms with van der Waals surface area (Å²) in [5.74, 6) is 0. The summed E-state index contributed by atoms with van der Waals surface area (Å²) in [5.41, 5.74) is 0. The fourth-order valence-corrected chi connectivity index (χ4v) is 0. The summed E-state index contributed by atoms with van der Waals surface area (Å²) in [4.78, 5) is 0. The number of hydrogen-bond acceptors (Lipinski definition) is 1. The van der Waals surface area contributed by atoms with Crippen LogP contribution in [0.1, 0.15) is 13.3 Å². The van der Waals surface area contributed by atoms with E-state index in [2.05, 4.69) is 0 Å². The Morgan fingerprint density at radius 3 is 1.27 bits per heavy atom. The van der Waals surface area contributed by atoms with Crippen molar-refractivity contribution in [1.29, 1.82) is 0 Å². The highest BCUT2D eigenvalue weighted by atomic mass is 35.6. The molecule has 0 aromatic carbocycles. The standard InChI is InChI=1S/C3H8O.CHCl3.CH2Cl2/c1-2-3-4;2-1(3)4;2-1-3/h4H,2-3H2,1H3;1H;1H2. The van der Waals surface area contributed by atoms with Crippen molar-refractivity contribution in [2.24, 2.45) is 0 Å². The molecule has 6 heteroatoms. The van der Waals surface area contributed by atoms with Crippen molar-refractivity contribution >= 4 is 58.0 Å². The predicted molar refractivity (Wildman–Crippen MR) is 55.3 cm³/mol. The second-order valence-corrected chi connectivity index (χ2v) is 3.86. The molecule has 1 nitrogen and oxygen atoms in total. The summed E-state index contributed by atoms with van der Waals surface area (Å²) in [6.45, 7) is 2.25. The van der Waals surface area contributed by atoms with Gasteiger partial charge in [-0.15, -0.1) is 23.2 Å². The van der Waals surface area contributed by atoms with Gasteiger partial charge in [-0.1, -0.05) is 41.7 Å². The van der Waals surface area contributed by atoms with Crippen molar-refractivity contribution in [2.45, 2.75) is 17.6 Å². The molecule has 0 rings (SSSR count). The van der Waals surface area contributed by atoms with E-state index < -0.39 is 4.30 Å². The highest BCUT2D eigenvalue weighted by Crippen LogP contribution is 2.03. The summed E-state index contributed by atoms with van der Waals surface area (Å²) < 4.78 is -0.750. The van der Waals surface area contributed by atoms with Crippen LogP contribution >= 0.6 is 58.0 Å². The average Bonchev–Trinajstić information content (AvgIpc) is 1.88. The first-order valence-electron chi connectivity index (χ1n) is 2.71. The molecule has 0 atom stereocenters. The minimum absolute atomic E-state index is 0.194. The van der Waals surface area contributed by atoms with Crippen molar-refractivity contribution in [1.82, 2.24) is 0 Å². The molecule has 72 valence electrons. The van der Waals surface area contributed by atoms with Gasteiger partial charge in [0.05, 0.1) is 5.34 Å². The third-order valence-electron chi connectivity index (χ3n) is 0.224. The molecule has 0 unspecified atom stereocenters. The Morgan fingerprint density at radius 2 is 1.27 bits per heavy atom. The molecule has 0 aliphatic rings. The molecular weight excluding hydrogens is 253 g/mol. The Morgan fingerprint density at radius 1 is 1.18 bits per heavy atom. The molecule has 0 aliphatic heterocycles. The Hall–Kier alpha value is 1.41. The van der Waals surface area contributed by atoms with Crippen molar-refractivity contribution in [3.8, 4) is 0 Å². The first kappa shape index (κ1) is 18.2. The van der Waals surface area contributed by atoms with Crippen LogP contribution in [0.5, 0.6) is 0 Å². The second kappa shape index (κ2) is 22.5. The van der Waals surface area contributed by atoms with E-state index in [9.17, 15) is 0 Å². The number of aliphatic hydroxyl groups excluding tert-OH is 1. The largest absolute Gasteiger partial charge is 0.396 e. The maximum atomic E-state index is 7.88. The van der Waals surface area contributed by atoms with Gasteiger partial charge in [0.1, 0.15) is 0 Å². The van der Waals surface area contributed by atoms with Crippen molar-refractivity contribution in [2.75, 3.05) is 11.9 Å². The number of rotatable bonds is 1. The van der Waals surface area contributed by atoms with Gasteiger partial charge in [-0.2, -0.15) is 0 Å². The number of alkyl halides is 5. The van der Waals surface area contributed by atoms with Crippen LogP contribution in [0.25, 0.3) is 0 Å². The van der Waals surface area contributed by atoms with E-state index >= 15 is 0 Å². The van der Waals surface area contributed by atoms with Crippen molar-refractivity contribution in [3.05, 3.63) is 0 Å². The molecule has 0 aromatic heterocycles. The van der Waals surface area contributed by atoms with Gasteiger partial charge in [0, 0.05) is 6.61 Å². The SMILES string of the molecule is CCCO.ClC(Cl)Cl.ClCCl. The predicted octanol–water partition coefficient (Wildman–Crippen LogP) is 3.80. The van der Waals surface area contributed by atoms with E-state index in [0.29, 0.717) is 6.61 Å². The summed E-state index contributed by atoms with van der Waals surface area (Å²) in [7, 11) is 0. The van der Waals surface area contributed by atoms with Gasteiger partial charge in [-0.3, -0.25) is 0 Å². The Labute approximate surface area is 92.5 Å². The van der Waals surface area contributed by atoms with Gasteiger partial charge < -0.3 is 5.11 Å². The molecule has 0 bridgehead atoms.